The number of amides is 2. The second kappa shape index (κ2) is 27.2. The van der Waals surface area contributed by atoms with Crippen LogP contribution in [0.4, 0.5) is 0 Å². The first-order chi connectivity index (χ1) is 30.9. The van der Waals surface area contributed by atoms with E-state index in [1.54, 1.807) is 5.48 Å². The minimum Gasteiger partial charge on any atom is -0.380 e. The summed E-state index contributed by atoms with van der Waals surface area (Å²) in [5.41, 5.74) is 19.7. The first kappa shape index (κ1) is 49.0. The molecule has 0 saturated heterocycles. The van der Waals surface area contributed by atoms with Crippen LogP contribution in [-0.4, -0.2) is 57.8 Å². The molecule has 338 valence electrons. The number of aryl methyl sites for hydroxylation is 3. The van der Waals surface area contributed by atoms with Gasteiger partial charge in [-0.1, -0.05) is 154 Å². The summed E-state index contributed by atoms with van der Waals surface area (Å²) in [4.78, 5) is 29.9. The number of hydrogen-bond donors (Lipinski definition) is 5. The molecule has 0 bridgehead atoms. The van der Waals surface area contributed by atoms with E-state index in [0.29, 0.717) is 57.7 Å². The molecule has 4 aromatic carbocycles. The summed E-state index contributed by atoms with van der Waals surface area (Å²) >= 11 is 0. The molecule has 2 amide bonds. The fourth-order valence-electron chi connectivity index (χ4n) is 8.85. The Morgan fingerprint density at radius 2 is 1.08 bits per heavy atom. The topological polar surface area (TPSA) is 147 Å². The summed E-state index contributed by atoms with van der Waals surface area (Å²) in [6, 6.07) is 40.7. The van der Waals surface area contributed by atoms with Gasteiger partial charge in [-0.05, 0) is 123 Å². The third-order valence-corrected chi connectivity index (χ3v) is 12.5. The van der Waals surface area contributed by atoms with Crippen molar-refractivity contribution < 1.29 is 19.9 Å². The van der Waals surface area contributed by atoms with E-state index in [9.17, 15) is 15.1 Å². The maximum absolute atomic E-state index is 15.2. The predicted molar refractivity (Wildman–Crippen MR) is 256 cm³/mol. The lowest BCUT2D eigenvalue weighted by Crippen LogP contribution is -2.35. The average molecular weight is 856 g/mol. The zero-order chi connectivity index (χ0) is 44.5. The molecule has 0 spiro atoms. The van der Waals surface area contributed by atoms with Crippen LogP contribution in [0, 0.1) is 0 Å². The van der Waals surface area contributed by atoms with Crippen molar-refractivity contribution in [2.45, 2.75) is 128 Å². The van der Waals surface area contributed by atoms with Crippen molar-refractivity contribution in [3.8, 4) is 0 Å². The van der Waals surface area contributed by atoms with Crippen LogP contribution in [0.15, 0.2) is 121 Å². The Morgan fingerprint density at radius 3 is 1.65 bits per heavy atom. The molecule has 1 aromatic heterocycles. The van der Waals surface area contributed by atoms with Crippen molar-refractivity contribution in [1.82, 2.24) is 14.9 Å². The van der Waals surface area contributed by atoms with Crippen LogP contribution < -0.4 is 16.9 Å². The van der Waals surface area contributed by atoms with Gasteiger partial charge in [-0.3, -0.25) is 14.8 Å². The first-order valence-corrected chi connectivity index (χ1v) is 23.7. The number of rotatable bonds is 30. The highest BCUT2D eigenvalue weighted by Gasteiger charge is 2.33. The van der Waals surface area contributed by atoms with E-state index in [1.807, 2.05) is 71.6 Å². The number of nitrogens with zero attached hydrogens (tertiary/aromatic N) is 2. The Hall–Kier alpha value is -5.06. The number of aliphatic hydroxyl groups is 1. The van der Waals surface area contributed by atoms with Gasteiger partial charge in [0.2, 0.25) is 5.91 Å². The largest absolute Gasteiger partial charge is 0.380 e. The molecule has 0 fully saturated rings. The zero-order valence-corrected chi connectivity index (χ0v) is 37.6. The van der Waals surface area contributed by atoms with Gasteiger partial charge >= 0.3 is 0 Å². The summed E-state index contributed by atoms with van der Waals surface area (Å²) < 4.78 is 2.18. The average Bonchev–Trinajstić information content (AvgIpc) is 3.67. The lowest BCUT2D eigenvalue weighted by atomic mass is 9.82. The van der Waals surface area contributed by atoms with Gasteiger partial charge in [-0.25, -0.2) is 5.48 Å². The lowest BCUT2D eigenvalue weighted by molar-refractivity contribution is -0.129. The van der Waals surface area contributed by atoms with Gasteiger partial charge in [0.05, 0.1) is 0 Å². The van der Waals surface area contributed by atoms with E-state index < -0.39 is 11.5 Å². The molecule has 63 heavy (non-hydrogen) atoms. The number of nitrogens with two attached hydrogens (primary N) is 2. The number of carbonyl (C=O) groups is 2. The third-order valence-electron chi connectivity index (χ3n) is 12.5. The van der Waals surface area contributed by atoms with E-state index in [0.717, 1.165) is 118 Å². The van der Waals surface area contributed by atoms with Crippen molar-refractivity contribution in [3.05, 3.63) is 166 Å². The Labute approximate surface area is 376 Å². The highest BCUT2D eigenvalue weighted by molar-refractivity contribution is 5.93. The molecule has 7 N–H and O–H groups in total. The van der Waals surface area contributed by atoms with Gasteiger partial charge in [0.1, 0.15) is 11.3 Å². The monoisotopic (exact) mass is 856 g/mol. The standard InChI is InChI=1S/C54H73N5O4/c55-38-20-3-1-5-22-40-58(41-23-6-2-4-21-39-56)53(61)51-42-46(34-35-52(60)57-63)50(36-37-54(62,48-30-12-8-13-31-48)49-32-14-9-15-33-49)59(51)43-47-29-19-18-28-45(47)27-17-16-26-44-24-10-7-11-25-44/h7-15,18-19,24-25,28-33,42,62-63H,1-6,16-17,20-23,26-27,34-41,43,55-56H2,(H,57,60). The normalized spacial score (nSPS) is 11.5. The molecule has 0 atom stereocenters. The number of nitrogens with one attached hydrogen (secondary N) is 1. The van der Waals surface area contributed by atoms with Gasteiger partial charge in [0.25, 0.3) is 5.91 Å². The van der Waals surface area contributed by atoms with Crippen LogP contribution in [0.5, 0.6) is 0 Å². The second-order valence-electron chi connectivity index (χ2n) is 17.1. The fourth-order valence-corrected chi connectivity index (χ4v) is 8.85. The Balaban J connectivity index is 1.55. The summed E-state index contributed by atoms with van der Waals surface area (Å²) in [6.07, 6.45) is 15.4. The van der Waals surface area contributed by atoms with Crippen molar-refractivity contribution in [3.63, 3.8) is 0 Å². The van der Waals surface area contributed by atoms with Gasteiger partial charge in [-0.2, -0.15) is 0 Å². The van der Waals surface area contributed by atoms with Crippen LogP contribution in [0.25, 0.3) is 0 Å². The Morgan fingerprint density at radius 1 is 0.571 bits per heavy atom. The number of carbonyl (C=O) groups excluding carboxylic acids is 2. The molecule has 0 saturated carbocycles. The van der Waals surface area contributed by atoms with Crippen molar-refractivity contribution >= 4 is 11.8 Å². The predicted octanol–water partition coefficient (Wildman–Crippen LogP) is 9.67. The van der Waals surface area contributed by atoms with Gasteiger partial charge in [-0.15, -0.1) is 0 Å². The van der Waals surface area contributed by atoms with E-state index >= 15 is 4.79 Å². The Kier molecular flexibility index (Phi) is 21.1. The number of benzene rings is 4. The van der Waals surface area contributed by atoms with Crippen molar-refractivity contribution in [1.29, 1.82) is 0 Å². The van der Waals surface area contributed by atoms with Gasteiger partial charge < -0.3 is 26.0 Å². The molecule has 0 unspecified atom stereocenters. The third kappa shape index (κ3) is 15.3. The quantitative estimate of drug-likeness (QED) is 0.0177. The van der Waals surface area contributed by atoms with Crippen LogP contribution in [0.1, 0.15) is 139 Å². The molecular weight excluding hydrogens is 783 g/mol. The second-order valence-corrected chi connectivity index (χ2v) is 17.1. The van der Waals surface area contributed by atoms with E-state index in [2.05, 4.69) is 59.2 Å². The lowest BCUT2D eigenvalue weighted by Gasteiger charge is -2.30. The molecule has 1 heterocycles. The zero-order valence-electron chi connectivity index (χ0n) is 37.6. The van der Waals surface area contributed by atoms with Gasteiger partial charge in [0, 0.05) is 31.7 Å². The summed E-state index contributed by atoms with van der Waals surface area (Å²) in [5.74, 6) is -0.502. The molecule has 5 rings (SSSR count). The molecule has 0 aliphatic carbocycles. The first-order valence-electron chi connectivity index (χ1n) is 23.7. The van der Waals surface area contributed by atoms with Crippen molar-refractivity contribution in [2.24, 2.45) is 11.5 Å². The van der Waals surface area contributed by atoms with Crippen molar-refractivity contribution in [2.75, 3.05) is 26.2 Å². The van der Waals surface area contributed by atoms with E-state index in [1.165, 1.54) is 11.1 Å². The minimum atomic E-state index is -1.32. The van der Waals surface area contributed by atoms with Gasteiger partial charge in [0.15, 0.2) is 0 Å². The highest BCUT2D eigenvalue weighted by atomic mass is 16.5. The molecular formula is C54H73N5O4. The number of hydroxylamine groups is 1. The number of unbranched alkanes of at least 4 members (excludes halogenated alkanes) is 9. The summed E-state index contributed by atoms with van der Waals surface area (Å²) in [7, 11) is 0. The highest BCUT2D eigenvalue weighted by Crippen LogP contribution is 2.36. The summed E-state index contributed by atoms with van der Waals surface area (Å²) in [6.45, 7) is 3.18. The number of hydrogen-bond acceptors (Lipinski definition) is 6. The number of aromatic nitrogens is 1. The van der Waals surface area contributed by atoms with Crippen LogP contribution in [-0.2, 0) is 42.6 Å². The maximum Gasteiger partial charge on any atom is 0.270 e. The van der Waals surface area contributed by atoms with Crippen LogP contribution in [0.3, 0.4) is 0 Å². The minimum absolute atomic E-state index is 0.0141. The molecule has 0 radical (unpaired) electrons. The fraction of sp³-hybridized carbons (Fsp3) is 0.444. The molecule has 0 aliphatic heterocycles. The SMILES string of the molecule is NCCCCCCCN(CCCCCCCN)C(=O)c1cc(CCC(=O)NO)c(CCC(O)(c2ccccc2)c2ccccc2)n1Cc1ccccc1CCCCc1ccccc1. The molecule has 5 aromatic rings. The maximum atomic E-state index is 15.2. The molecule has 0 aliphatic rings. The molecule has 9 nitrogen and oxygen atoms in total. The Bertz CT molecular complexity index is 2000. The van der Waals surface area contributed by atoms with Crippen LogP contribution >= 0.6 is 0 Å². The smallest absolute Gasteiger partial charge is 0.270 e. The van der Waals surface area contributed by atoms with Crippen LogP contribution in [0.2, 0.25) is 0 Å². The van der Waals surface area contributed by atoms with E-state index in [4.69, 9.17) is 11.5 Å². The summed E-state index contributed by atoms with van der Waals surface area (Å²) in [5, 5.41) is 22.3. The van der Waals surface area contributed by atoms with E-state index in [-0.39, 0.29) is 12.3 Å². The molecule has 9 heteroatoms.